The van der Waals surface area contributed by atoms with Gasteiger partial charge in [0.1, 0.15) is 0 Å². The Kier molecular flexibility index (Phi) is 5.66. The summed E-state index contributed by atoms with van der Waals surface area (Å²) in [4.78, 5) is 25.8. The first kappa shape index (κ1) is 20.9. The lowest BCUT2D eigenvalue weighted by atomic mass is 9.85. The average molecular weight is 411 g/mol. The lowest BCUT2D eigenvalue weighted by Crippen LogP contribution is -2.47. The number of rotatable bonds is 4. The minimum atomic E-state index is -2.32. The second-order valence-corrected chi connectivity index (χ2v) is 10.8. The van der Waals surface area contributed by atoms with E-state index in [1.54, 1.807) is 13.8 Å². The van der Waals surface area contributed by atoms with Crippen LogP contribution in [-0.2, 0) is 23.5 Å². The molecule has 0 unspecified atom stereocenters. The summed E-state index contributed by atoms with van der Waals surface area (Å²) in [5, 5.41) is 1.95. The highest BCUT2D eigenvalue weighted by Crippen LogP contribution is 2.36. The van der Waals surface area contributed by atoms with Crippen molar-refractivity contribution in [2.45, 2.75) is 40.4 Å². The Bertz CT molecular complexity index is 887. The number of cyclic esters (lactones) is 1. The van der Waals surface area contributed by atoms with E-state index < -0.39 is 32.2 Å². The van der Waals surface area contributed by atoms with Crippen LogP contribution in [0, 0.1) is 5.41 Å². The van der Waals surface area contributed by atoms with Gasteiger partial charge in [-0.3, -0.25) is 0 Å². The molecule has 0 N–H and O–H groups in total. The minimum absolute atomic E-state index is 0.0682. The summed E-state index contributed by atoms with van der Waals surface area (Å²) in [7, 11) is -2.32. The van der Waals surface area contributed by atoms with E-state index in [1.165, 1.54) is 0 Å². The molecular weight excluding hydrogens is 384 g/mol. The molecule has 1 heterocycles. The van der Waals surface area contributed by atoms with Crippen LogP contribution in [0.2, 0.25) is 0 Å². The largest absolute Gasteiger partial charge is 0.510 e. The summed E-state index contributed by atoms with van der Waals surface area (Å²) in [6.07, 6.45) is 0. The van der Waals surface area contributed by atoms with Gasteiger partial charge in [0.15, 0.2) is 0 Å². The summed E-state index contributed by atoms with van der Waals surface area (Å²) in [6, 6.07) is 19.4. The van der Waals surface area contributed by atoms with Gasteiger partial charge in [0.2, 0.25) is 11.5 Å². The number of carbonyl (C=O) groups is 2. The Hall–Kier alpha value is -2.86. The SMILES string of the molecule is CC1(C)OC(=O)/C(=C(/C(=O)O[SiH](c2ccccc2)c2ccccc2)C(C)(C)C)O1. The fourth-order valence-electron chi connectivity index (χ4n) is 3.22. The molecule has 2 aromatic carbocycles. The van der Waals surface area contributed by atoms with Crippen LogP contribution >= 0.6 is 0 Å². The maximum atomic E-state index is 13.4. The van der Waals surface area contributed by atoms with Crippen molar-refractivity contribution in [3.63, 3.8) is 0 Å². The number of esters is 1. The van der Waals surface area contributed by atoms with Gasteiger partial charge in [-0.25, -0.2) is 9.59 Å². The Morgan fingerprint density at radius 3 is 1.76 bits per heavy atom. The second kappa shape index (κ2) is 7.87. The molecule has 1 aliphatic heterocycles. The molecule has 0 spiro atoms. The molecule has 1 saturated heterocycles. The molecule has 0 amide bonds. The van der Waals surface area contributed by atoms with Gasteiger partial charge in [-0.05, 0) is 15.8 Å². The van der Waals surface area contributed by atoms with Crippen LogP contribution in [0.3, 0.4) is 0 Å². The fourth-order valence-corrected chi connectivity index (χ4v) is 5.35. The first-order valence-electron chi connectivity index (χ1n) is 9.56. The zero-order valence-electron chi connectivity index (χ0n) is 17.4. The highest BCUT2D eigenvalue weighted by Gasteiger charge is 2.44. The monoisotopic (exact) mass is 410 g/mol. The number of hydrogen-bond donors (Lipinski definition) is 0. The third kappa shape index (κ3) is 4.77. The number of ether oxygens (including phenoxy) is 2. The van der Waals surface area contributed by atoms with Gasteiger partial charge >= 0.3 is 21.0 Å². The van der Waals surface area contributed by atoms with Crippen LogP contribution in [0.5, 0.6) is 0 Å². The van der Waals surface area contributed by atoms with Gasteiger partial charge in [0, 0.05) is 13.8 Å². The van der Waals surface area contributed by atoms with Gasteiger partial charge in [0.05, 0.1) is 5.57 Å². The molecule has 0 radical (unpaired) electrons. The zero-order chi connectivity index (χ0) is 21.2. The molecule has 5 nitrogen and oxygen atoms in total. The predicted molar refractivity (Wildman–Crippen MR) is 113 cm³/mol. The van der Waals surface area contributed by atoms with Crippen LogP contribution < -0.4 is 10.4 Å². The van der Waals surface area contributed by atoms with Gasteiger partial charge < -0.3 is 13.9 Å². The molecule has 0 atom stereocenters. The third-order valence-electron chi connectivity index (χ3n) is 4.48. The molecule has 29 heavy (non-hydrogen) atoms. The summed E-state index contributed by atoms with van der Waals surface area (Å²) < 4.78 is 17.0. The minimum Gasteiger partial charge on any atom is -0.510 e. The first-order valence-corrected chi connectivity index (χ1v) is 11.2. The summed E-state index contributed by atoms with van der Waals surface area (Å²) in [5.41, 5.74) is -0.476. The summed E-state index contributed by atoms with van der Waals surface area (Å²) >= 11 is 0. The van der Waals surface area contributed by atoms with Crippen LogP contribution in [-0.4, -0.2) is 26.8 Å². The standard InChI is InChI=1S/C23H26O5Si/c1-22(2,3)18(19-21(25)27-23(4,5)26-19)20(24)28-29(16-12-8-6-9-13-16)17-14-10-7-11-15-17/h6-15,29H,1-5H3/b19-18+. The van der Waals surface area contributed by atoms with E-state index in [4.69, 9.17) is 13.9 Å². The van der Waals surface area contributed by atoms with Crippen LogP contribution in [0.1, 0.15) is 34.6 Å². The molecule has 152 valence electrons. The van der Waals surface area contributed by atoms with E-state index in [2.05, 4.69) is 0 Å². The molecule has 1 aliphatic rings. The molecule has 3 rings (SSSR count). The zero-order valence-corrected chi connectivity index (χ0v) is 18.5. The van der Waals surface area contributed by atoms with Crippen molar-refractivity contribution in [3.05, 3.63) is 72.0 Å². The normalized spacial score (nSPS) is 17.5. The van der Waals surface area contributed by atoms with Crippen molar-refractivity contribution in [3.8, 4) is 0 Å². The average Bonchev–Trinajstić information content (AvgIpc) is 2.92. The highest BCUT2D eigenvalue weighted by atomic mass is 28.3. The number of hydrogen-bond acceptors (Lipinski definition) is 5. The van der Waals surface area contributed by atoms with E-state index >= 15 is 0 Å². The van der Waals surface area contributed by atoms with E-state index in [1.807, 2.05) is 81.4 Å². The molecule has 0 aromatic heterocycles. The van der Waals surface area contributed by atoms with Gasteiger partial charge in [-0.1, -0.05) is 81.4 Å². The smallest absolute Gasteiger partial charge is 0.377 e. The van der Waals surface area contributed by atoms with Gasteiger partial charge in [-0.15, -0.1) is 0 Å². The fraction of sp³-hybridized carbons (Fsp3) is 0.304. The topological polar surface area (TPSA) is 61.8 Å². The molecule has 0 aliphatic carbocycles. The van der Waals surface area contributed by atoms with Crippen molar-refractivity contribution < 1.29 is 23.5 Å². The van der Waals surface area contributed by atoms with Crippen molar-refractivity contribution in [2.24, 2.45) is 5.41 Å². The Morgan fingerprint density at radius 1 is 0.897 bits per heavy atom. The quantitative estimate of drug-likeness (QED) is 0.441. The van der Waals surface area contributed by atoms with Crippen LogP contribution in [0.25, 0.3) is 0 Å². The maximum Gasteiger partial charge on any atom is 0.377 e. The lowest BCUT2D eigenvalue weighted by Gasteiger charge is -2.25. The highest BCUT2D eigenvalue weighted by molar-refractivity contribution is 6.81. The number of benzene rings is 2. The van der Waals surface area contributed by atoms with Gasteiger partial charge in [0.25, 0.3) is 0 Å². The predicted octanol–water partition coefficient (Wildman–Crippen LogP) is 2.68. The summed E-state index contributed by atoms with van der Waals surface area (Å²) in [6.45, 7) is 8.81. The summed E-state index contributed by atoms with van der Waals surface area (Å²) in [5.74, 6) is -2.37. The van der Waals surface area contributed by atoms with Crippen LogP contribution in [0.4, 0.5) is 0 Å². The van der Waals surface area contributed by atoms with Crippen molar-refractivity contribution in [1.29, 1.82) is 0 Å². The van der Waals surface area contributed by atoms with Gasteiger partial charge in [-0.2, -0.15) is 0 Å². The second-order valence-electron chi connectivity index (χ2n) is 8.45. The molecule has 2 aromatic rings. The Morgan fingerprint density at radius 2 is 1.38 bits per heavy atom. The Labute approximate surface area is 173 Å². The first-order chi connectivity index (χ1) is 13.6. The van der Waals surface area contributed by atoms with Crippen molar-refractivity contribution in [1.82, 2.24) is 0 Å². The Balaban J connectivity index is 2.03. The lowest BCUT2D eigenvalue weighted by molar-refractivity contribution is -0.159. The third-order valence-corrected chi connectivity index (χ3v) is 6.91. The van der Waals surface area contributed by atoms with E-state index in [-0.39, 0.29) is 11.3 Å². The number of carbonyl (C=O) groups excluding carboxylic acids is 2. The molecular formula is C23H26O5Si. The van der Waals surface area contributed by atoms with E-state index in [0.29, 0.717) is 0 Å². The van der Waals surface area contributed by atoms with Crippen LogP contribution in [0.15, 0.2) is 72.0 Å². The molecule has 0 saturated carbocycles. The van der Waals surface area contributed by atoms with E-state index in [0.717, 1.165) is 10.4 Å². The van der Waals surface area contributed by atoms with Crippen molar-refractivity contribution in [2.75, 3.05) is 0 Å². The molecule has 1 fully saturated rings. The molecule has 6 heteroatoms. The maximum absolute atomic E-state index is 13.4. The van der Waals surface area contributed by atoms with E-state index in [9.17, 15) is 9.59 Å². The van der Waals surface area contributed by atoms with Crippen molar-refractivity contribution >= 4 is 31.4 Å². The molecule has 0 bridgehead atoms.